The van der Waals surface area contributed by atoms with Crippen LogP contribution < -0.4 is 0 Å². The molecule has 3 heterocycles. The molecule has 1 saturated heterocycles. The Hall–Kier alpha value is -2.11. The van der Waals surface area contributed by atoms with E-state index >= 15 is 0 Å². The van der Waals surface area contributed by atoms with Crippen LogP contribution in [0.3, 0.4) is 0 Å². The van der Waals surface area contributed by atoms with E-state index in [1.54, 1.807) is 6.20 Å². The van der Waals surface area contributed by atoms with Gasteiger partial charge in [0.1, 0.15) is 5.69 Å². The van der Waals surface area contributed by atoms with Crippen LogP contribution >= 0.6 is 0 Å². The molecule has 0 spiro atoms. The number of likely N-dealkylation sites (tertiary alicyclic amines) is 1. The van der Waals surface area contributed by atoms with Gasteiger partial charge in [0.15, 0.2) is 0 Å². The largest absolute Gasteiger partial charge is 0.337 e. The molecule has 6 heteroatoms. The Morgan fingerprint density at radius 2 is 2.26 bits per heavy atom. The lowest BCUT2D eigenvalue weighted by Crippen LogP contribution is -2.44. The van der Waals surface area contributed by atoms with E-state index in [0.29, 0.717) is 6.04 Å². The highest BCUT2D eigenvalue weighted by Gasteiger charge is 2.29. The number of nitrogens with zero attached hydrogens (tertiary/aromatic N) is 5. The Morgan fingerprint density at radius 3 is 3.00 bits per heavy atom. The van der Waals surface area contributed by atoms with Crippen molar-refractivity contribution in [3.8, 4) is 0 Å². The van der Waals surface area contributed by atoms with Gasteiger partial charge < -0.3 is 9.47 Å². The van der Waals surface area contributed by atoms with Crippen LogP contribution in [0.15, 0.2) is 24.8 Å². The average molecular weight is 315 g/mol. The summed E-state index contributed by atoms with van der Waals surface area (Å²) < 4.78 is 3.90. The normalized spacial score (nSPS) is 18.3. The fraction of sp³-hybridized carbons (Fsp3) is 0.588. The zero-order valence-corrected chi connectivity index (χ0v) is 14.0. The van der Waals surface area contributed by atoms with Gasteiger partial charge in [0.2, 0.25) is 0 Å². The molecular weight excluding hydrogens is 290 g/mol. The first kappa shape index (κ1) is 15.8. The standard InChI is InChI=1S/C17H25N5O/c1-3-22-16(12-14(2)19-22)17(23)21-9-5-4-6-15(21)7-10-20-11-8-18-13-20/h8,11-13,15H,3-7,9-10H2,1-2H3/t15-/m0/s1. The Balaban J connectivity index is 1.73. The molecule has 1 atom stereocenters. The van der Waals surface area contributed by atoms with Gasteiger partial charge in [-0.25, -0.2) is 4.98 Å². The van der Waals surface area contributed by atoms with E-state index in [-0.39, 0.29) is 5.91 Å². The van der Waals surface area contributed by atoms with Crippen molar-refractivity contribution in [1.82, 2.24) is 24.2 Å². The summed E-state index contributed by atoms with van der Waals surface area (Å²) in [6.45, 7) is 6.44. The van der Waals surface area contributed by atoms with E-state index in [1.165, 1.54) is 6.42 Å². The van der Waals surface area contributed by atoms with E-state index in [0.717, 1.165) is 50.3 Å². The number of carbonyl (C=O) groups is 1. The lowest BCUT2D eigenvalue weighted by molar-refractivity contribution is 0.0582. The van der Waals surface area contributed by atoms with E-state index in [1.807, 2.05) is 37.1 Å². The molecule has 0 bridgehead atoms. The summed E-state index contributed by atoms with van der Waals surface area (Å²) in [4.78, 5) is 19.2. The Kier molecular flexibility index (Phi) is 4.79. The molecule has 23 heavy (non-hydrogen) atoms. The minimum absolute atomic E-state index is 0.128. The lowest BCUT2D eigenvalue weighted by Gasteiger charge is -2.36. The fourth-order valence-corrected chi connectivity index (χ4v) is 3.39. The number of aryl methyl sites for hydroxylation is 3. The van der Waals surface area contributed by atoms with Crippen molar-refractivity contribution in [2.24, 2.45) is 0 Å². The molecule has 0 aliphatic carbocycles. The summed E-state index contributed by atoms with van der Waals surface area (Å²) in [5.41, 5.74) is 1.63. The maximum Gasteiger partial charge on any atom is 0.272 e. The van der Waals surface area contributed by atoms with Crippen LogP contribution in [-0.2, 0) is 13.1 Å². The molecule has 124 valence electrons. The van der Waals surface area contributed by atoms with Gasteiger partial charge in [0.05, 0.1) is 12.0 Å². The van der Waals surface area contributed by atoms with Crippen molar-refractivity contribution >= 4 is 5.91 Å². The summed E-state index contributed by atoms with van der Waals surface area (Å²) >= 11 is 0. The van der Waals surface area contributed by atoms with Crippen LogP contribution in [-0.4, -0.2) is 42.7 Å². The first-order chi connectivity index (χ1) is 11.2. The van der Waals surface area contributed by atoms with Gasteiger partial charge in [0.25, 0.3) is 5.91 Å². The molecule has 0 N–H and O–H groups in total. The molecule has 1 aliphatic rings. The number of aromatic nitrogens is 4. The second-order valence-corrected chi connectivity index (χ2v) is 6.22. The van der Waals surface area contributed by atoms with Gasteiger partial charge in [-0.3, -0.25) is 9.48 Å². The minimum Gasteiger partial charge on any atom is -0.337 e. The Labute approximate surface area is 137 Å². The zero-order valence-electron chi connectivity index (χ0n) is 14.0. The first-order valence-corrected chi connectivity index (χ1v) is 8.50. The number of rotatable bonds is 5. The third-order valence-electron chi connectivity index (χ3n) is 4.59. The number of imidazole rings is 1. The van der Waals surface area contributed by atoms with E-state index in [9.17, 15) is 4.79 Å². The second-order valence-electron chi connectivity index (χ2n) is 6.22. The molecular formula is C17H25N5O. The van der Waals surface area contributed by atoms with Gasteiger partial charge in [-0.2, -0.15) is 5.10 Å². The van der Waals surface area contributed by atoms with Crippen LogP contribution in [0.5, 0.6) is 0 Å². The fourth-order valence-electron chi connectivity index (χ4n) is 3.39. The molecule has 1 amide bonds. The molecule has 0 saturated carbocycles. The van der Waals surface area contributed by atoms with Gasteiger partial charge in [-0.1, -0.05) is 0 Å². The predicted octanol–water partition coefficient (Wildman–Crippen LogP) is 2.49. The molecule has 1 aliphatic heterocycles. The smallest absolute Gasteiger partial charge is 0.272 e. The quantitative estimate of drug-likeness (QED) is 0.852. The number of hydrogen-bond donors (Lipinski definition) is 0. The minimum atomic E-state index is 0.128. The van der Waals surface area contributed by atoms with E-state index < -0.39 is 0 Å². The predicted molar refractivity (Wildman–Crippen MR) is 88.2 cm³/mol. The summed E-state index contributed by atoms with van der Waals surface area (Å²) in [6, 6.07) is 2.21. The van der Waals surface area contributed by atoms with Gasteiger partial charge in [-0.05, 0) is 45.6 Å². The molecule has 0 aromatic carbocycles. The highest BCUT2D eigenvalue weighted by molar-refractivity contribution is 5.93. The van der Waals surface area contributed by atoms with Gasteiger partial charge in [-0.15, -0.1) is 0 Å². The third kappa shape index (κ3) is 3.46. The Bertz CT molecular complexity index is 646. The van der Waals surface area contributed by atoms with E-state index in [2.05, 4.69) is 19.5 Å². The molecule has 3 rings (SSSR count). The summed E-state index contributed by atoms with van der Waals surface area (Å²) in [5.74, 6) is 0.128. The summed E-state index contributed by atoms with van der Waals surface area (Å²) in [7, 11) is 0. The maximum absolute atomic E-state index is 13.0. The Morgan fingerprint density at radius 1 is 1.39 bits per heavy atom. The topological polar surface area (TPSA) is 56.0 Å². The monoisotopic (exact) mass is 315 g/mol. The van der Waals surface area contributed by atoms with Crippen LogP contribution in [0.4, 0.5) is 0 Å². The highest BCUT2D eigenvalue weighted by atomic mass is 16.2. The van der Waals surface area contributed by atoms with Crippen LogP contribution in [0, 0.1) is 6.92 Å². The molecule has 6 nitrogen and oxygen atoms in total. The zero-order chi connectivity index (χ0) is 16.2. The van der Waals surface area contributed by atoms with E-state index in [4.69, 9.17) is 0 Å². The number of amides is 1. The van der Waals surface area contributed by atoms with Crippen molar-refractivity contribution in [2.75, 3.05) is 6.54 Å². The van der Waals surface area contributed by atoms with Crippen LogP contribution in [0.2, 0.25) is 0 Å². The maximum atomic E-state index is 13.0. The summed E-state index contributed by atoms with van der Waals surface area (Å²) in [5, 5.41) is 4.41. The van der Waals surface area contributed by atoms with Crippen LogP contribution in [0.25, 0.3) is 0 Å². The molecule has 2 aromatic rings. The molecule has 2 aromatic heterocycles. The number of piperidine rings is 1. The number of hydrogen-bond acceptors (Lipinski definition) is 3. The van der Waals surface area contributed by atoms with Gasteiger partial charge >= 0.3 is 0 Å². The lowest BCUT2D eigenvalue weighted by atomic mass is 9.98. The average Bonchev–Trinajstić information content (AvgIpc) is 3.21. The molecule has 0 unspecified atom stereocenters. The van der Waals surface area contributed by atoms with Crippen molar-refractivity contribution < 1.29 is 4.79 Å². The number of carbonyl (C=O) groups excluding carboxylic acids is 1. The van der Waals surface area contributed by atoms with Crippen molar-refractivity contribution in [1.29, 1.82) is 0 Å². The highest BCUT2D eigenvalue weighted by Crippen LogP contribution is 2.23. The molecule has 1 fully saturated rings. The first-order valence-electron chi connectivity index (χ1n) is 8.50. The van der Waals surface area contributed by atoms with Crippen molar-refractivity contribution in [3.05, 3.63) is 36.2 Å². The molecule has 0 radical (unpaired) electrons. The van der Waals surface area contributed by atoms with Gasteiger partial charge in [0, 0.05) is 38.1 Å². The summed E-state index contributed by atoms with van der Waals surface area (Å²) in [6.07, 6.45) is 9.96. The second kappa shape index (κ2) is 6.98. The van der Waals surface area contributed by atoms with Crippen LogP contribution in [0.1, 0.15) is 48.8 Å². The van der Waals surface area contributed by atoms with Crippen molar-refractivity contribution in [2.45, 2.75) is 58.7 Å². The SMILES string of the molecule is CCn1nc(C)cc1C(=O)N1CCCC[C@H]1CCn1ccnc1. The third-order valence-corrected chi connectivity index (χ3v) is 4.59. The van der Waals surface area contributed by atoms with Crippen molar-refractivity contribution in [3.63, 3.8) is 0 Å².